The van der Waals surface area contributed by atoms with Crippen molar-refractivity contribution in [1.29, 1.82) is 0 Å². The summed E-state index contributed by atoms with van der Waals surface area (Å²) in [4.78, 5) is 24.0. The molecule has 0 saturated heterocycles. The standard InChI is InChI=1S/C12H14ClIN2O3/c1-7(2)16(6-11(17)18)12(19)15-10-4-3-8(13)5-9(10)14/h3-5,7H,6H2,1-2H3,(H,15,19)(H,17,18). The molecule has 5 nitrogen and oxygen atoms in total. The number of nitrogens with one attached hydrogen (secondary N) is 1. The van der Waals surface area contributed by atoms with E-state index in [1.54, 1.807) is 32.0 Å². The monoisotopic (exact) mass is 396 g/mol. The molecule has 1 aromatic carbocycles. The third kappa shape index (κ3) is 4.87. The average Bonchev–Trinajstić information content (AvgIpc) is 2.29. The molecule has 0 aliphatic rings. The molecule has 0 heterocycles. The third-order valence-electron chi connectivity index (χ3n) is 2.36. The van der Waals surface area contributed by atoms with Crippen LogP contribution in [0.3, 0.4) is 0 Å². The Morgan fingerprint density at radius 3 is 2.58 bits per heavy atom. The third-order valence-corrected chi connectivity index (χ3v) is 3.49. The molecule has 0 atom stereocenters. The molecule has 2 N–H and O–H groups in total. The Morgan fingerprint density at radius 1 is 1.47 bits per heavy atom. The van der Waals surface area contributed by atoms with Crippen LogP contribution >= 0.6 is 34.2 Å². The molecule has 1 rings (SSSR count). The van der Waals surface area contributed by atoms with Crippen LogP contribution in [0.25, 0.3) is 0 Å². The Morgan fingerprint density at radius 2 is 2.11 bits per heavy atom. The Balaban J connectivity index is 2.84. The minimum absolute atomic E-state index is 0.207. The molecular formula is C12H14ClIN2O3. The smallest absolute Gasteiger partial charge is 0.323 e. The number of carbonyl (C=O) groups is 2. The zero-order valence-corrected chi connectivity index (χ0v) is 13.4. The van der Waals surface area contributed by atoms with Gasteiger partial charge in [-0.15, -0.1) is 0 Å². The van der Waals surface area contributed by atoms with Crippen LogP contribution in [-0.4, -0.2) is 34.6 Å². The summed E-state index contributed by atoms with van der Waals surface area (Å²) in [5.74, 6) is -1.05. The molecule has 0 saturated carbocycles. The van der Waals surface area contributed by atoms with Crippen LogP contribution in [0.4, 0.5) is 10.5 Å². The first-order valence-corrected chi connectivity index (χ1v) is 7.01. The maximum absolute atomic E-state index is 12.0. The van der Waals surface area contributed by atoms with Gasteiger partial charge >= 0.3 is 12.0 Å². The van der Waals surface area contributed by atoms with Crippen molar-refractivity contribution in [1.82, 2.24) is 4.90 Å². The first-order chi connectivity index (χ1) is 8.81. The van der Waals surface area contributed by atoms with Gasteiger partial charge in [-0.2, -0.15) is 0 Å². The van der Waals surface area contributed by atoms with Gasteiger partial charge in [-0.25, -0.2) is 4.79 Å². The van der Waals surface area contributed by atoms with Crippen LogP contribution in [-0.2, 0) is 4.79 Å². The van der Waals surface area contributed by atoms with E-state index in [1.807, 2.05) is 0 Å². The lowest BCUT2D eigenvalue weighted by atomic mass is 10.3. The van der Waals surface area contributed by atoms with E-state index in [-0.39, 0.29) is 12.6 Å². The number of carboxylic acid groups (broad SMARTS) is 1. The topological polar surface area (TPSA) is 69.6 Å². The van der Waals surface area contributed by atoms with E-state index in [1.165, 1.54) is 4.90 Å². The lowest BCUT2D eigenvalue weighted by Crippen LogP contribution is -2.43. The number of hydrogen-bond donors (Lipinski definition) is 2. The van der Waals surface area contributed by atoms with Crippen molar-refractivity contribution in [3.05, 3.63) is 26.8 Å². The van der Waals surface area contributed by atoms with Gasteiger partial charge in [-0.1, -0.05) is 11.6 Å². The van der Waals surface area contributed by atoms with Crippen molar-refractivity contribution >= 4 is 51.9 Å². The minimum Gasteiger partial charge on any atom is -0.480 e. The molecule has 0 aliphatic carbocycles. The number of nitrogens with zero attached hydrogens (tertiary/aromatic N) is 1. The Labute approximate surface area is 130 Å². The molecular weight excluding hydrogens is 382 g/mol. The molecule has 104 valence electrons. The highest BCUT2D eigenvalue weighted by molar-refractivity contribution is 14.1. The highest BCUT2D eigenvalue weighted by atomic mass is 127. The summed E-state index contributed by atoms with van der Waals surface area (Å²) in [5, 5.41) is 12.1. The minimum atomic E-state index is -1.05. The summed E-state index contributed by atoms with van der Waals surface area (Å²) in [5.41, 5.74) is 0.603. The van der Waals surface area contributed by atoms with Gasteiger partial charge in [0.25, 0.3) is 0 Å². The van der Waals surface area contributed by atoms with Crippen LogP contribution in [0.5, 0.6) is 0 Å². The summed E-state index contributed by atoms with van der Waals surface area (Å²) < 4.78 is 0.789. The molecule has 0 unspecified atom stereocenters. The van der Waals surface area contributed by atoms with Crippen LogP contribution in [0, 0.1) is 3.57 Å². The molecule has 0 radical (unpaired) electrons. The van der Waals surface area contributed by atoms with Gasteiger partial charge in [0.1, 0.15) is 6.54 Å². The van der Waals surface area contributed by atoms with Gasteiger partial charge in [0, 0.05) is 14.6 Å². The summed E-state index contributed by atoms with van der Waals surface area (Å²) in [6, 6.07) is 4.41. The number of rotatable bonds is 4. The van der Waals surface area contributed by atoms with Gasteiger partial charge in [-0.05, 0) is 54.6 Å². The SMILES string of the molecule is CC(C)N(CC(=O)O)C(=O)Nc1ccc(Cl)cc1I. The van der Waals surface area contributed by atoms with Crippen molar-refractivity contribution in [3.8, 4) is 0 Å². The van der Waals surface area contributed by atoms with E-state index in [2.05, 4.69) is 27.9 Å². The molecule has 0 bridgehead atoms. The fourth-order valence-corrected chi connectivity index (χ4v) is 2.42. The summed E-state index contributed by atoms with van der Waals surface area (Å²) >= 11 is 7.88. The number of aliphatic carboxylic acids is 1. The number of amides is 2. The van der Waals surface area contributed by atoms with Gasteiger partial charge in [0.2, 0.25) is 0 Å². The summed E-state index contributed by atoms with van der Waals surface area (Å²) in [6.45, 7) is 3.18. The molecule has 7 heteroatoms. The number of halogens is 2. The van der Waals surface area contributed by atoms with E-state index in [0.29, 0.717) is 10.7 Å². The molecule has 0 aliphatic heterocycles. The van der Waals surface area contributed by atoms with Crippen molar-refractivity contribution in [3.63, 3.8) is 0 Å². The van der Waals surface area contributed by atoms with Gasteiger partial charge < -0.3 is 15.3 Å². The average molecular weight is 397 g/mol. The molecule has 0 aromatic heterocycles. The van der Waals surface area contributed by atoms with Crippen molar-refractivity contribution < 1.29 is 14.7 Å². The van der Waals surface area contributed by atoms with Crippen LogP contribution in [0.2, 0.25) is 5.02 Å². The number of urea groups is 1. The second kappa shape index (κ2) is 6.95. The number of hydrogen-bond acceptors (Lipinski definition) is 2. The fraction of sp³-hybridized carbons (Fsp3) is 0.333. The number of carboxylic acids is 1. The predicted octanol–water partition coefficient (Wildman–Crippen LogP) is 3.27. The molecule has 0 spiro atoms. The lowest BCUT2D eigenvalue weighted by Gasteiger charge is -2.25. The van der Waals surface area contributed by atoms with E-state index in [4.69, 9.17) is 16.7 Å². The second-order valence-corrected chi connectivity index (χ2v) is 5.77. The normalized spacial score (nSPS) is 10.4. The molecule has 0 fully saturated rings. The largest absolute Gasteiger partial charge is 0.480 e. The number of anilines is 1. The van der Waals surface area contributed by atoms with Crippen molar-refractivity contribution in [2.24, 2.45) is 0 Å². The van der Waals surface area contributed by atoms with Gasteiger partial charge in [0.15, 0.2) is 0 Å². The Hall–Kier alpha value is -1.02. The maximum atomic E-state index is 12.0. The lowest BCUT2D eigenvalue weighted by molar-refractivity contribution is -0.137. The van der Waals surface area contributed by atoms with Crippen molar-refractivity contribution in [2.75, 3.05) is 11.9 Å². The number of benzene rings is 1. The summed E-state index contributed by atoms with van der Waals surface area (Å²) in [7, 11) is 0. The number of carbonyl (C=O) groups excluding carboxylic acids is 1. The molecule has 2 amide bonds. The second-order valence-electron chi connectivity index (χ2n) is 4.17. The van der Waals surface area contributed by atoms with Crippen LogP contribution in [0.15, 0.2) is 18.2 Å². The first kappa shape index (κ1) is 16.0. The van der Waals surface area contributed by atoms with Crippen molar-refractivity contribution in [2.45, 2.75) is 19.9 Å². The maximum Gasteiger partial charge on any atom is 0.323 e. The zero-order chi connectivity index (χ0) is 14.6. The zero-order valence-electron chi connectivity index (χ0n) is 10.5. The van der Waals surface area contributed by atoms with E-state index < -0.39 is 12.0 Å². The van der Waals surface area contributed by atoms with Crippen LogP contribution in [0.1, 0.15) is 13.8 Å². The van der Waals surface area contributed by atoms with Gasteiger partial charge in [-0.3, -0.25) is 4.79 Å². The van der Waals surface area contributed by atoms with E-state index >= 15 is 0 Å². The van der Waals surface area contributed by atoms with Gasteiger partial charge in [0.05, 0.1) is 5.69 Å². The fourth-order valence-electron chi connectivity index (χ4n) is 1.41. The highest BCUT2D eigenvalue weighted by Gasteiger charge is 2.20. The molecule has 1 aromatic rings. The Bertz CT molecular complexity index is 494. The first-order valence-electron chi connectivity index (χ1n) is 5.55. The summed E-state index contributed by atoms with van der Waals surface area (Å²) in [6.07, 6.45) is 0. The van der Waals surface area contributed by atoms with Crippen LogP contribution < -0.4 is 5.32 Å². The van der Waals surface area contributed by atoms with E-state index in [9.17, 15) is 9.59 Å². The molecule has 19 heavy (non-hydrogen) atoms. The Kier molecular flexibility index (Phi) is 5.86. The highest BCUT2D eigenvalue weighted by Crippen LogP contribution is 2.22. The van der Waals surface area contributed by atoms with E-state index in [0.717, 1.165) is 3.57 Å². The predicted molar refractivity (Wildman–Crippen MR) is 82.7 cm³/mol. The quantitative estimate of drug-likeness (QED) is 0.768.